The number of nitrogens with zero attached hydrogens (tertiary/aromatic N) is 1. The molecule has 3 aliphatic heterocycles. The minimum atomic E-state index is -0.713. The van der Waals surface area contributed by atoms with E-state index in [1.165, 1.54) is 0 Å². The topological polar surface area (TPSA) is 58.6 Å². The molecule has 0 aromatic rings. The van der Waals surface area contributed by atoms with Crippen LogP contribution in [0.2, 0.25) is 0 Å². The Hall–Kier alpha value is -1.10. The summed E-state index contributed by atoms with van der Waals surface area (Å²) >= 11 is 0. The molecule has 0 spiro atoms. The molecule has 5 heteroatoms. The van der Waals surface area contributed by atoms with Gasteiger partial charge in [-0.3, -0.25) is 9.59 Å². The van der Waals surface area contributed by atoms with Gasteiger partial charge < -0.3 is 15.0 Å². The van der Waals surface area contributed by atoms with Gasteiger partial charge in [0.25, 0.3) is 0 Å². The molecule has 3 fully saturated rings. The van der Waals surface area contributed by atoms with Crippen LogP contribution in [0.4, 0.5) is 0 Å². The van der Waals surface area contributed by atoms with Gasteiger partial charge in [0.15, 0.2) is 0 Å². The van der Waals surface area contributed by atoms with Crippen molar-refractivity contribution in [1.82, 2.24) is 10.2 Å². The van der Waals surface area contributed by atoms with Crippen LogP contribution in [0.1, 0.15) is 52.4 Å². The normalized spacial score (nSPS) is 36.1. The Bertz CT molecular complexity index is 419. The third-order valence-corrected chi connectivity index (χ3v) is 5.31. The maximum absolute atomic E-state index is 13.0. The molecular weight excluding hydrogens is 256 g/mol. The Labute approximate surface area is 120 Å². The van der Waals surface area contributed by atoms with Crippen molar-refractivity contribution in [3.8, 4) is 0 Å². The highest BCUT2D eigenvalue weighted by Gasteiger charge is 2.50. The van der Waals surface area contributed by atoms with Gasteiger partial charge in [0, 0.05) is 13.0 Å². The van der Waals surface area contributed by atoms with Gasteiger partial charge >= 0.3 is 0 Å². The van der Waals surface area contributed by atoms with E-state index in [-0.39, 0.29) is 24.0 Å². The number of carbonyl (C=O) groups excluding carboxylic acids is 2. The van der Waals surface area contributed by atoms with E-state index >= 15 is 0 Å². The highest BCUT2D eigenvalue weighted by Crippen LogP contribution is 2.38. The molecule has 2 amide bonds. The Morgan fingerprint density at radius 1 is 1.30 bits per heavy atom. The van der Waals surface area contributed by atoms with Crippen molar-refractivity contribution < 1.29 is 14.3 Å². The Morgan fingerprint density at radius 2 is 2.05 bits per heavy atom. The van der Waals surface area contributed by atoms with Crippen molar-refractivity contribution in [3.63, 3.8) is 0 Å². The molecule has 3 heterocycles. The lowest BCUT2D eigenvalue weighted by Crippen LogP contribution is -2.59. The molecule has 0 saturated carbocycles. The van der Waals surface area contributed by atoms with Crippen LogP contribution in [0.5, 0.6) is 0 Å². The highest BCUT2D eigenvalue weighted by molar-refractivity contribution is 5.93. The molecule has 0 aliphatic carbocycles. The van der Waals surface area contributed by atoms with Crippen molar-refractivity contribution in [3.05, 3.63) is 0 Å². The zero-order valence-electron chi connectivity index (χ0n) is 12.4. The first-order valence-electron chi connectivity index (χ1n) is 7.87. The summed E-state index contributed by atoms with van der Waals surface area (Å²) in [6, 6.07) is 0.173. The van der Waals surface area contributed by atoms with E-state index in [1.807, 2.05) is 18.7 Å². The van der Waals surface area contributed by atoms with E-state index in [2.05, 4.69) is 5.32 Å². The zero-order valence-corrected chi connectivity index (χ0v) is 12.4. The van der Waals surface area contributed by atoms with E-state index in [4.69, 9.17) is 4.74 Å². The molecule has 3 saturated heterocycles. The van der Waals surface area contributed by atoms with Crippen LogP contribution < -0.4 is 5.32 Å². The number of ether oxygens (including phenoxy) is 1. The first kappa shape index (κ1) is 13.9. The molecule has 3 unspecified atom stereocenters. The molecule has 0 aromatic carbocycles. The fraction of sp³-hybridized carbons (Fsp3) is 0.867. The van der Waals surface area contributed by atoms with Gasteiger partial charge in [-0.25, -0.2) is 0 Å². The monoisotopic (exact) mass is 280 g/mol. The number of hydrogen-bond donors (Lipinski definition) is 1. The summed E-state index contributed by atoms with van der Waals surface area (Å²) in [6.07, 6.45) is 5.30. The second-order valence-corrected chi connectivity index (χ2v) is 6.26. The minimum Gasteiger partial charge on any atom is -0.373 e. The number of nitrogens with one attached hydrogen (secondary N) is 1. The lowest BCUT2D eigenvalue weighted by molar-refractivity contribution is -0.142. The average Bonchev–Trinajstić information content (AvgIpc) is 3.04. The number of amides is 2. The molecule has 1 N–H and O–H groups in total. The maximum atomic E-state index is 13.0. The van der Waals surface area contributed by atoms with Crippen LogP contribution in [0.25, 0.3) is 0 Å². The van der Waals surface area contributed by atoms with Crippen LogP contribution in [0.15, 0.2) is 0 Å². The number of hydrogen-bond acceptors (Lipinski definition) is 3. The van der Waals surface area contributed by atoms with Crippen LogP contribution in [0, 0.1) is 0 Å². The van der Waals surface area contributed by atoms with Crippen LogP contribution in [0.3, 0.4) is 0 Å². The van der Waals surface area contributed by atoms with E-state index in [1.54, 1.807) is 0 Å². The zero-order chi connectivity index (χ0) is 14.3. The van der Waals surface area contributed by atoms with Crippen LogP contribution in [-0.4, -0.2) is 47.0 Å². The van der Waals surface area contributed by atoms with Crippen molar-refractivity contribution >= 4 is 11.8 Å². The Kier molecular flexibility index (Phi) is 3.48. The maximum Gasteiger partial charge on any atom is 0.248 e. The van der Waals surface area contributed by atoms with Crippen molar-refractivity contribution in [2.75, 3.05) is 6.54 Å². The third kappa shape index (κ3) is 2.03. The van der Waals surface area contributed by atoms with Crippen molar-refractivity contribution in [2.45, 2.75) is 76.2 Å². The van der Waals surface area contributed by atoms with Crippen LogP contribution in [-0.2, 0) is 14.3 Å². The van der Waals surface area contributed by atoms with Crippen molar-refractivity contribution in [1.29, 1.82) is 0 Å². The molecule has 0 aromatic heterocycles. The molecule has 2 bridgehead atoms. The second-order valence-electron chi connectivity index (χ2n) is 6.26. The number of fused-ring (bicyclic) bond motifs is 2. The van der Waals surface area contributed by atoms with Crippen molar-refractivity contribution in [2.24, 2.45) is 0 Å². The van der Waals surface area contributed by atoms with Crippen LogP contribution >= 0.6 is 0 Å². The van der Waals surface area contributed by atoms with Gasteiger partial charge in [0.05, 0.1) is 18.2 Å². The third-order valence-electron chi connectivity index (χ3n) is 5.31. The summed E-state index contributed by atoms with van der Waals surface area (Å²) < 4.78 is 5.89. The summed E-state index contributed by atoms with van der Waals surface area (Å²) in [5.74, 6) is 0.0862. The summed E-state index contributed by atoms with van der Waals surface area (Å²) in [4.78, 5) is 26.9. The van der Waals surface area contributed by atoms with E-state index < -0.39 is 5.54 Å². The summed E-state index contributed by atoms with van der Waals surface area (Å²) in [7, 11) is 0. The lowest BCUT2D eigenvalue weighted by atomic mass is 9.88. The van der Waals surface area contributed by atoms with E-state index in [9.17, 15) is 9.59 Å². The first-order valence-corrected chi connectivity index (χ1v) is 7.87. The Morgan fingerprint density at radius 3 is 2.60 bits per heavy atom. The van der Waals surface area contributed by atoms with E-state index in [0.717, 1.165) is 19.3 Å². The summed E-state index contributed by atoms with van der Waals surface area (Å²) in [6.45, 7) is 4.48. The van der Waals surface area contributed by atoms with Gasteiger partial charge in [-0.2, -0.15) is 0 Å². The first-order chi connectivity index (χ1) is 9.59. The van der Waals surface area contributed by atoms with Gasteiger partial charge in [0.1, 0.15) is 5.54 Å². The molecule has 0 radical (unpaired) electrons. The molecule has 20 heavy (non-hydrogen) atoms. The molecule has 3 aliphatic rings. The van der Waals surface area contributed by atoms with Gasteiger partial charge in [-0.05, 0) is 32.1 Å². The average molecular weight is 280 g/mol. The van der Waals surface area contributed by atoms with Gasteiger partial charge in [0.2, 0.25) is 11.8 Å². The predicted molar refractivity (Wildman–Crippen MR) is 74.1 cm³/mol. The predicted octanol–water partition coefficient (Wildman–Crippen LogP) is 1.21. The molecular formula is C15H24N2O3. The smallest absolute Gasteiger partial charge is 0.248 e. The second kappa shape index (κ2) is 5.02. The lowest BCUT2D eigenvalue weighted by Gasteiger charge is -2.38. The van der Waals surface area contributed by atoms with E-state index in [0.29, 0.717) is 31.9 Å². The standard InChI is InChI=1S/C15H24N2O3/c1-3-15(4-2)14(19)17(8-7-13(18)16-15)11-9-10-5-6-12(11)20-10/h10-12H,3-9H2,1-2H3,(H,16,18). The molecule has 5 nitrogen and oxygen atoms in total. The fourth-order valence-electron chi connectivity index (χ4n) is 3.97. The SMILES string of the molecule is CCC1(CC)NC(=O)CCN(C2CC3CCC2O3)C1=O. The quantitative estimate of drug-likeness (QED) is 0.845. The summed E-state index contributed by atoms with van der Waals surface area (Å²) in [5.41, 5.74) is -0.713. The van der Waals surface area contributed by atoms with Gasteiger partial charge in [-0.1, -0.05) is 13.8 Å². The molecule has 112 valence electrons. The van der Waals surface area contributed by atoms with Gasteiger partial charge in [-0.15, -0.1) is 0 Å². The highest BCUT2D eigenvalue weighted by atomic mass is 16.5. The molecule has 3 rings (SSSR count). The Balaban J connectivity index is 1.86. The summed E-state index contributed by atoms with van der Waals surface area (Å²) in [5, 5.41) is 2.97. The number of rotatable bonds is 3. The minimum absolute atomic E-state index is 0.00590. The number of carbonyl (C=O) groups is 2. The fourth-order valence-corrected chi connectivity index (χ4v) is 3.97. The largest absolute Gasteiger partial charge is 0.373 e. The molecule has 3 atom stereocenters.